The van der Waals surface area contributed by atoms with Gasteiger partial charge >= 0.3 is 605 Å². The molecule has 0 N–H and O–H groups in total. The van der Waals surface area contributed by atoms with Gasteiger partial charge < -0.3 is 0 Å². The molecule has 2 aromatic heterocycles. The van der Waals surface area contributed by atoms with Crippen LogP contribution in [0.3, 0.4) is 0 Å². The molecule has 0 aliphatic carbocycles. The third kappa shape index (κ3) is 13.2. The molecular weight excluding hydrogens is 1580 g/mol. The molecule has 0 saturated carbocycles. The molecule has 2 aliphatic rings. The van der Waals surface area contributed by atoms with E-state index in [1.807, 2.05) is 24.3 Å². The van der Waals surface area contributed by atoms with E-state index in [1.54, 1.807) is 9.13 Å². The van der Waals surface area contributed by atoms with Crippen LogP contribution >= 0.6 is 0 Å². The second-order valence-corrected chi connectivity index (χ2v) is 80.6. The van der Waals surface area contributed by atoms with E-state index in [0.717, 1.165) is 100 Å². The molecule has 13 aromatic carbocycles. The number of benzene rings is 13. The molecule has 4 heterocycles. The number of aromatic nitrogens is 2. The van der Waals surface area contributed by atoms with E-state index >= 15 is 0 Å². The van der Waals surface area contributed by atoms with Gasteiger partial charge in [0, 0.05) is 0 Å². The molecule has 0 amide bonds. The summed E-state index contributed by atoms with van der Waals surface area (Å²) in [5, 5.41) is -0.210. The van der Waals surface area contributed by atoms with Crippen molar-refractivity contribution in [2.45, 2.75) is 148 Å². The summed E-state index contributed by atoms with van der Waals surface area (Å²) in [6.45, 7) is 19.5. The van der Waals surface area contributed by atoms with E-state index in [2.05, 4.69) is 287 Å². The van der Waals surface area contributed by atoms with Gasteiger partial charge in [0.25, 0.3) is 0 Å². The van der Waals surface area contributed by atoms with Crippen molar-refractivity contribution in [3.63, 3.8) is 0 Å². The van der Waals surface area contributed by atoms with Crippen molar-refractivity contribution in [2.24, 2.45) is 0 Å². The van der Waals surface area contributed by atoms with Crippen molar-refractivity contribution in [3.05, 3.63) is 283 Å². The Bertz CT molecular complexity index is 6640. The summed E-state index contributed by atoms with van der Waals surface area (Å²) in [6, 6.07) is 54.5. The monoisotopic (exact) mass is 1710 g/mol. The number of hydrogen-bond acceptors (Lipinski definition) is 2. The molecule has 0 atom stereocenters. The van der Waals surface area contributed by atoms with E-state index in [0.29, 0.717) is 22.7 Å². The summed E-state index contributed by atoms with van der Waals surface area (Å²) >= 11 is -11.3. The molecule has 4 nitrogen and oxygen atoms in total. The zero-order valence-corrected chi connectivity index (χ0v) is 76.4. The summed E-state index contributed by atoms with van der Waals surface area (Å²) in [4.78, 5) is 4.91. The van der Waals surface area contributed by atoms with Gasteiger partial charge in [-0.25, -0.2) is 0 Å². The average Bonchev–Trinajstić information content (AvgIpc) is 1.43. The molecule has 15 aromatic rings. The summed E-state index contributed by atoms with van der Waals surface area (Å²) in [5.41, 5.74) is 17.0. The fourth-order valence-corrected chi connectivity index (χ4v) is 27.7. The Morgan fingerprint density at radius 1 is 0.288 bits per heavy atom. The quantitative estimate of drug-likeness (QED) is 0.113. The van der Waals surface area contributed by atoms with E-state index in [-0.39, 0.29) is 43.6 Å². The average molecular weight is 1710 g/mol. The normalized spacial score (nSPS) is 15.6. The van der Waals surface area contributed by atoms with Gasteiger partial charge in [0.1, 0.15) is 0 Å². The van der Waals surface area contributed by atoms with Crippen molar-refractivity contribution in [1.29, 1.82) is 0 Å². The molecule has 0 fully saturated rings. The zero-order chi connectivity index (χ0) is 92.1. The molecule has 0 saturated heterocycles. The van der Waals surface area contributed by atoms with Crippen molar-refractivity contribution in [2.75, 3.05) is 9.80 Å². The van der Waals surface area contributed by atoms with Crippen LogP contribution in [0.25, 0.3) is 99.5 Å². The van der Waals surface area contributed by atoms with Crippen LogP contribution in [0.15, 0.2) is 267 Å². The van der Waals surface area contributed by atoms with Gasteiger partial charge in [0.15, 0.2) is 0 Å². The van der Waals surface area contributed by atoms with Crippen LogP contribution in [0, 0.1) is 0 Å². The van der Waals surface area contributed by atoms with Gasteiger partial charge in [-0.1, -0.05) is 72.5 Å². The molecule has 2 aliphatic heterocycles. The maximum atomic E-state index is 10.0. The first-order valence-electron chi connectivity index (χ1n) is 47.0. The standard InChI is InChI=1S/C102H107BGe4N4/c1-100(2,3)70-56-83(66-36-24-22-25-37-66)98(85(58-70)68-52-73(104(10,11)12)62-74(53-68)105(13,14)15)110-93-64-77(108-89-44-32-28-40-79(89)80-41-29-33-45-90(80)108)48-50-87(93)103-88-51-49-78(109-91-46-34-30-42-81(91)82-43-31-35-47-92(82)109)65-94(88)111(96-61-72(102(7,8)9)60-95(110)97(96)103)99-84(67-38-26-23-27-39-67)57-71(101(4,5)6)59-86(99)69-54-75(106(16,17)18)63-76(55-69)107(19,20)21/h22-65H,1-21H3/i28D,29D,30D,31D,32D,33D,34D,35D,40D,41D,42D,43D,44D,45D,46D,47D. The molecule has 0 bridgehead atoms. The van der Waals surface area contributed by atoms with E-state index < -0.39 is 173 Å². The number of anilines is 6. The van der Waals surface area contributed by atoms with Crippen molar-refractivity contribution < 1.29 is 21.9 Å². The third-order valence-corrected chi connectivity index (χ3v) is 40.0. The van der Waals surface area contributed by atoms with Gasteiger partial charge in [-0.2, -0.15) is 0 Å². The first-order valence-corrected chi connectivity index (χ1v) is 68.4. The molecule has 554 valence electrons. The van der Waals surface area contributed by atoms with Gasteiger partial charge in [0.2, 0.25) is 0 Å². The van der Waals surface area contributed by atoms with E-state index in [1.165, 1.54) is 17.6 Å². The van der Waals surface area contributed by atoms with Gasteiger partial charge in [-0.05, 0) is 0 Å². The predicted octanol–water partition coefficient (Wildman–Crippen LogP) is 24.7. The maximum absolute atomic E-state index is 10.0. The van der Waals surface area contributed by atoms with Crippen LogP contribution in [0.1, 0.15) is 101 Å². The number of hydrogen-bond donors (Lipinski definition) is 0. The van der Waals surface area contributed by atoms with Gasteiger partial charge in [-0.15, -0.1) is 0 Å². The SMILES string of the molecule is [2H]c1c([2H])c([2H])c2c(c1[2H])c1c([2H])c([2H])c([2H])c([2H])c1n2-c1ccc2c(c1)N(c1c(-c3ccccc3)cc(C(C)(C)C)cc1-c1c[c]([Ge]([CH3])([CH3])[CH3])c[c]([Ge]([CH3])([CH3])[CH3])c1)c1cc(C(C)(C)C)cc3c1B2c1ccc(-n2c4c([2H])c([2H])c([2H])c([2H])c4c4c([2H])c([2H])c([2H])c([2H])c42)cc1N3c1c(-c2ccccc2)cc(C(C)(C)C)cc1-c1c[c]([Ge]([CH3])([CH3])[CH3])c[c]([Ge]([CH3])([CH3])[CH3])c1. The summed E-state index contributed by atoms with van der Waals surface area (Å²) in [7, 11) is 0. The van der Waals surface area contributed by atoms with Gasteiger partial charge in [0.05, 0.1) is 21.9 Å². The Labute approximate surface area is 694 Å². The Balaban J connectivity index is 1.15. The van der Waals surface area contributed by atoms with Crippen molar-refractivity contribution in [1.82, 2.24) is 9.13 Å². The fraction of sp³-hybridized carbons (Fsp3) is 0.235. The van der Waals surface area contributed by atoms with Crippen LogP contribution in [-0.4, -0.2) is 68.9 Å². The molecule has 0 radical (unpaired) electrons. The summed E-state index contributed by atoms with van der Waals surface area (Å²) in [6.07, 6.45) is 0. The topological polar surface area (TPSA) is 16.3 Å². The van der Waals surface area contributed by atoms with Gasteiger partial charge in [-0.3, -0.25) is 0 Å². The Morgan fingerprint density at radius 2 is 0.568 bits per heavy atom. The van der Waals surface area contributed by atoms with Crippen molar-refractivity contribution in [3.8, 4) is 55.9 Å². The van der Waals surface area contributed by atoms with Crippen LogP contribution in [0.4, 0.5) is 34.1 Å². The van der Waals surface area contributed by atoms with Crippen LogP contribution in [0.2, 0.25) is 69.1 Å². The zero-order valence-electron chi connectivity index (χ0n) is 84.0. The van der Waals surface area contributed by atoms with E-state index in [4.69, 9.17) is 0 Å². The Hall–Kier alpha value is -8.70. The minimum absolute atomic E-state index is 0.0272. The van der Waals surface area contributed by atoms with Crippen LogP contribution in [0.5, 0.6) is 0 Å². The van der Waals surface area contributed by atoms with Crippen molar-refractivity contribution >= 4 is 171 Å². The number of fused-ring (bicyclic) bond motifs is 10. The number of para-hydroxylation sites is 4. The van der Waals surface area contributed by atoms with Crippen LogP contribution in [-0.2, 0) is 16.2 Å². The second-order valence-electron chi connectivity index (χ2n) is 38.0. The number of nitrogens with zero attached hydrogens (tertiary/aromatic N) is 4. The molecular formula is C102H107BGe4N4. The minimum atomic E-state index is -2.82. The predicted molar refractivity (Wildman–Crippen MR) is 499 cm³/mol. The summed E-state index contributed by atoms with van der Waals surface area (Å²) in [5.74, 6) is 29.5. The molecule has 9 heteroatoms. The third-order valence-electron chi connectivity index (χ3n) is 23.0. The second kappa shape index (κ2) is 27.0. The molecule has 111 heavy (non-hydrogen) atoms. The fourth-order valence-electron chi connectivity index (χ4n) is 16.5. The summed E-state index contributed by atoms with van der Waals surface area (Å²) < 4.78 is 162. The van der Waals surface area contributed by atoms with Crippen LogP contribution < -0.4 is 43.8 Å². The first-order chi connectivity index (χ1) is 59.1. The van der Waals surface area contributed by atoms with E-state index in [9.17, 15) is 21.9 Å². The first kappa shape index (κ1) is 58.2. The molecule has 0 unspecified atom stereocenters. The Kier molecular flexibility index (Phi) is 14.2. The number of rotatable bonds is 12. The molecule has 0 spiro atoms. The molecule has 17 rings (SSSR count). The Morgan fingerprint density at radius 3 is 0.856 bits per heavy atom.